The number of rotatable bonds is 2. The van der Waals surface area contributed by atoms with Crippen molar-refractivity contribution in [3.8, 4) is 0 Å². The Bertz CT molecular complexity index is 566. The van der Waals surface area contributed by atoms with Crippen molar-refractivity contribution in [2.45, 2.75) is 30.5 Å². The molecule has 1 aromatic rings. The van der Waals surface area contributed by atoms with Crippen LogP contribution in [0.15, 0.2) is 12.1 Å². The minimum absolute atomic E-state index is 0.0108. The summed E-state index contributed by atoms with van der Waals surface area (Å²) >= 11 is 0. The first kappa shape index (κ1) is 11.1. The molecule has 100 valence electrons. The van der Waals surface area contributed by atoms with Gasteiger partial charge >= 0.3 is 0 Å². The van der Waals surface area contributed by atoms with Crippen LogP contribution in [0.2, 0.25) is 0 Å². The van der Waals surface area contributed by atoms with Gasteiger partial charge in [0.2, 0.25) is 0 Å². The highest BCUT2D eigenvalue weighted by molar-refractivity contribution is 5.62. The highest BCUT2D eigenvalue weighted by Gasteiger charge is 2.73. The molecule has 7 heteroatoms. The van der Waals surface area contributed by atoms with Gasteiger partial charge in [-0.1, -0.05) is 0 Å². The van der Waals surface area contributed by atoms with Crippen molar-refractivity contribution in [3.05, 3.63) is 33.9 Å². The summed E-state index contributed by atoms with van der Waals surface area (Å²) in [6.07, 6.45) is 1.77. The minimum atomic E-state index is -0.876. The lowest BCUT2D eigenvalue weighted by atomic mass is 9.57. The first-order valence-electron chi connectivity index (χ1n) is 6.10. The maximum absolute atomic E-state index is 14.0. The molecule has 3 atom stereocenters. The Morgan fingerprint density at radius 1 is 1.37 bits per heavy atom. The van der Waals surface area contributed by atoms with E-state index in [1.54, 1.807) is 4.90 Å². The quantitative estimate of drug-likeness (QED) is 0.608. The molecule has 1 spiro atoms. The lowest BCUT2D eigenvalue weighted by Gasteiger charge is -2.75. The Hall–Kier alpha value is -1.76. The van der Waals surface area contributed by atoms with Crippen LogP contribution in [0.25, 0.3) is 0 Å². The van der Waals surface area contributed by atoms with Crippen LogP contribution in [0, 0.1) is 21.7 Å². The summed E-state index contributed by atoms with van der Waals surface area (Å²) in [5.41, 5.74) is -0.913. The Labute approximate surface area is 106 Å². The molecule has 0 amide bonds. The van der Waals surface area contributed by atoms with Crippen molar-refractivity contribution < 1.29 is 18.4 Å². The monoisotopic (exact) mass is 268 g/mol. The number of non-ortho nitro benzene ring substituents is 1. The summed E-state index contributed by atoms with van der Waals surface area (Å²) in [6.45, 7) is 0.465. The van der Waals surface area contributed by atoms with Crippen LogP contribution in [0.3, 0.4) is 0 Å². The number of hydrogen-bond donors (Lipinski definition) is 0. The van der Waals surface area contributed by atoms with Gasteiger partial charge in [0, 0.05) is 0 Å². The van der Waals surface area contributed by atoms with Gasteiger partial charge in [0.05, 0.1) is 35.7 Å². The number of anilines is 1. The number of benzene rings is 1. The van der Waals surface area contributed by atoms with Crippen molar-refractivity contribution in [1.29, 1.82) is 0 Å². The second kappa shape index (κ2) is 3.22. The van der Waals surface area contributed by atoms with E-state index in [1.807, 2.05) is 0 Å². The molecule has 3 unspecified atom stereocenters. The largest absolute Gasteiger partial charge is 0.368 e. The molecule has 0 radical (unpaired) electrons. The van der Waals surface area contributed by atoms with Gasteiger partial charge in [0.1, 0.15) is 11.3 Å². The number of ether oxygens (including phenoxy) is 1. The van der Waals surface area contributed by atoms with E-state index in [0.717, 1.165) is 25.0 Å². The average Bonchev–Trinajstić information content (AvgIpc) is 2.24. The Morgan fingerprint density at radius 3 is 2.42 bits per heavy atom. The van der Waals surface area contributed by atoms with Gasteiger partial charge in [-0.3, -0.25) is 10.1 Å². The molecule has 1 aromatic carbocycles. The molecule has 2 heterocycles. The van der Waals surface area contributed by atoms with Crippen LogP contribution in [0.5, 0.6) is 0 Å². The third-order valence-corrected chi connectivity index (χ3v) is 4.59. The molecule has 3 fully saturated rings. The van der Waals surface area contributed by atoms with Crippen LogP contribution >= 0.6 is 0 Å². The van der Waals surface area contributed by atoms with Crippen LogP contribution < -0.4 is 4.90 Å². The molecular formula is C12H10F2N2O3. The minimum Gasteiger partial charge on any atom is -0.368 e. The van der Waals surface area contributed by atoms with E-state index in [2.05, 4.69) is 0 Å². The number of hydrogen-bond acceptors (Lipinski definition) is 4. The number of halogens is 2. The molecule has 19 heavy (non-hydrogen) atoms. The molecule has 0 N–H and O–H groups in total. The van der Waals surface area contributed by atoms with Crippen LogP contribution in [0.4, 0.5) is 20.2 Å². The Morgan fingerprint density at radius 2 is 2.05 bits per heavy atom. The molecule has 0 bridgehead atoms. The summed E-state index contributed by atoms with van der Waals surface area (Å²) in [6, 6.07) is 1.57. The average molecular weight is 268 g/mol. The van der Waals surface area contributed by atoms with E-state index in [4.69, 9.17) is 4.74 Å². The van der Waals surface area contributed by atoms with Crippen molar-refractivity contribution in [2.24, 2.45) is 0 Å². The zero-order valence-electron chi connectivity index (χ0n) is 9.81. The fourth-order valence-electron chi connectivity index (χ4n) is 3.53. The number of nitrogens with zero attached hydrogens (tertiary/aromatic N) is 2. The van der Waals surface area contributed by atoms with Gasteiger partial charge in [0.15, 0.2) is 11.6 Å². The van der Waals surface area contributed by atoms with E-state index in [1.165, 1.54) is 0 Å². The number of morpholine rings is 1. The number of nitro groups is 1. The third-order valence-electron chi connectivity index (χ3n) is 4.59. The summed E-state index contributed by atoms with van der Waals surface area (Å²) in [5.74, 6) is -1.75. The molecule has 4 rings (SSSR count). The predicted molar refractivity (Wildman–Crippen MR) is 61.0 cm³/mol. The summed E-state index contributed by atoms with van der Waals surface area (Å²) in [5, 5.41) is 10.6. The van der Waals surface area contributed by atoms with E-state index < -0.39 is 22.2 Å². The molecular weight excluding hydrogens is 258 g/mol. The molecule has 3 aliphatic rings. The van der Waals surface area contributed by atoms with Gasteiger partial charge in [-0.25, -0.2) is 8.78 Å². The Kier molecular flexibility index (Phi) is 1.88. The van der Waals surface area contributed by atoms with E-state index in [9.17, 15) is 18.9 Å². The highest BCUT2D eigenvalue weighted by atomic mass is 19.1. The number of piperidine rings is 1. The van der Waals surface area contributed by atoms with Crippen LogP contribution in [-0.2, 0) is 4.74 Å². The van der Waals surface area contributed by atoms with Gasteiger partial charge in [-0.15, -0.1) is 0 Å². The highest BCUT2D eigenvalue weighted by Crippen LogP contribution is 2.60. The van der Waals surface area contributed by atoms with Gasteiger partial charge in [-0.2, -0.15) is 0 Å². The topological polar surface area (TPSA) is 55.6 Å². The first-order valence-corrected chi connectivity index (χ1v) is 6.10. The maximum Gasteiger partial charge on any atom is 0.275 e. The summed E-state index contributed by atoms with van der Waals surface area (Å²) < 4.78 is 33.4. The maximum atomic E-state index is 14.0. The standard InChI is InChI=1S/C12H10F2N2O3/c13-7-3-6(16(17)18)4-8(14)11(7)15-9-1-2-12(9)10(15)5-19-12/h3-4,9-10H,1-2,5H2. The SMILES string of the molecule is O=[N+]([O-])c1cc(F)c(N2C3CCC34OCC24)c(F)c1. The molecule has 2 aliphatic heterocycles. The molecule has 5 nitrogen and oxygen atoms in total. The third kappa shape index (κ3) is 1.12. The zero-order chi connectivity index (χ0) is 13.4. The summed E-state index contributed by atoms with van der Waals surface area (Å²) in [4.78, 5) is 11.4. The zero-order valence-corrected chi connectivity index (χ0v) is 9.81. The fraction of sp³-hybridized carbons (Fsp3) is 0.500. The number of nitro benzene ring substituents is 1. The van der Waals surface area contributed by atoms with Crippen LogP contribution in [-0.4, -0.2) is 29.2 Å². The van der Waals surface area contributed by atoms with Gasteiger partial charge < -0.3 is 9.64 Å². The fourth-order valence-corrected chi connectivity index (χ4v) is 3.53. The molecule has 2 saturated heterocycles. The Balaban J connectivity index is 1.74. The van der Waals surface area contributed by atoms with E-state index in [0.29, 0.717) is 6.61 Å². The molecule has 1 aliphatic carbocycles. The van der Waals surface area contributed by atoms with Crippen LogP contribution in [0.1, 0.15) is 12.8 Å². The lowest BCUT2D eigenvalue weighted by molar-refractivity contribution is -0.385. The second-order valence-corrected chi connectivity index (χ2v) is 5.26. The van der Waals surface area contributed by atoms with Crippen molar-refractivity contribution >= 4 is 11.4 Å². The van der Waals surface area contributed by atoms with Gasteiger partial charge in [-0.05, 0) is 12.8 Å². The first-order chi connectivity index (χ1) is 9.04. The van der Waals surface area contributed by atoms with Crippen molar-refractivity contribution in [2.75, 3.05) is 11.5 Å². The van der Waals surface area contributed by atoms with E-state index >= 15 is 0 Å². The van der Waals surface area contributed by atoms with E-state index in [-0.39, 0.29) is 23.4 Å². The summed E-state index contributed by atoms with van der Waals surface area (Å²) in [7, 11) is 0. The van der Waals surface area contributed by atoms with Gasteiger partial charge in [0.25, 0.3) is 5.69 Å². The molecule has 0 aromatic heterocycles. The van der Waals surface area contributed by atoms with Crippen molar-refractivity contribution in [3.63, 3.8) is 0 Å². The second-order valence-electron chi connectivity index (χ2n) is 5.26. The van der Waals surface area contributed by atoms with Crippen molar-refractivity contribution in [1.82, 2.24) is 0 Å². The lowest BCUT2D eigenvalue weighted by Crippen LogP contribution is -2.90. The normalized spacial score (nSPS) is 34.5. The predicted octanol–water partition coefficient (Wildman–Crippen LogP) is 1.99. The molecule has 1 saturated carbocycles. The smallest absolute Gasteiger partial charge is 0.275 e.